The largest absolute Gasteiger partial charge is 0.484 e. The molecule has 6 nitrogen and oxygen atoms in total. The van der Waals surface area contributed by atoms with Crippen molar-refractivity contribution in [3.05, 3.63) is 33.6 Å². The van der Waals surface area contributed by atoms with Gasteiger partial charge < -0.3 is 9.47 Å². The fourth-order valence-corrected chi connectivity index (χ4v) is 2.37. The van der Waals surface area contributed by atoms with Gasteiger partial charge in [0.1, 0.15) is 5.60 Å². The zero-order valence-electron chi connectivity index (χ0n) is 11.8. The number of esters is 1. The quantitative estimate of drug-likeness (QED) is 0.474. The maximum Gasteiger partial charge on any atom is 0.309 e. The Morgan fingerprint density at radius 3 is 2.62 bits per heavy atom. The van der Waals surface area contributed by atoms with Crippen molar-refractivity contribution in [2.45, 2.75) is 38.2 Å². The molecule has 0 amide bonds. The topological polar surface area (TPSA) is 78.7 Å². The van der Waals surface area contributed by atoms with Crippen LogP contribution in [-0.2, 0) is 9.53 Å². The third kappa shape index (κ3) is 3.12. The van der Waals surface area contributed by atoms with Crippen LogP contribution in [0.5, 0.6) is 5.75 Å². The molecule has 1 saturated carbocycles. The average molecular weight is 297 g/mol. The summed E-state index contributed by atoms with van der Waals surface area (Å²) in [6.07, 6.45) is 2.17. The fraction of sp³-hybridized carbons (Fsp3) is 0.500. The molecule has 7 heteroatoms. The van der Waals surface area contributed by atoms with Crippen molar-refractivity contribution >= 4 is 11.7 Å². The minimum Gasteiger partial charge on any atom is -0.484 e. The van der Waals surface area contributed by atoms with Crippen molar-refractivity contribution < 1.29 is 23.6 Å². The SMILES string of the molecule is COC(=O)CC1(Oc2cc(C)c([N+](=O)[O-])cc2F)CCC1. The van der Waals surface area contributed by atoms with Gasteiger partial charge in [0.05, 0.1) is 24.5 Å². The molecule has 1 aromatic carbocycles. The minimum atomic E-state index is -0.802. The van der Waals surface area contributed by atoms with E-state index < -0.39 is 22.3 Å². The Bertz CT molecular complexity index is 583. The highest BCUT2D eigenvalue weighted by Gasteiger charge is 2.42. The molecule has 0 bridgehead atoms. The predicted octanol–water partition coefficient (Wildman–Crippen LogP) is 2.91. The number of halogens is 1. The maximum atomic E-state index is 14.0. The predicted molar refractivity (Wildman–Crippen MR) is 71.6 cm³/mol. The minimum absolute atomic E-state index is 0.0406. The molecule has 21 heavy (non-hydrogen) atoms. The van der Waals surface area contributed by atoms with Gasteiger partial charge in [-0.3, -0.25) is 14.9 Å². The average Bonchev–Trinajstić information content (AvgIpc) is 2.39. The number of ether oxygens (including phenoxy) is 2. The number of nitro benzene ring substituents is 1. The molecular formula is C14H16FNO5. The molecule has 2 rings (SSSR count). The van der Waals surface area contributed by atoms with Crippen LogP contribution in [0.3, 0.4) is 0 Å². The van der Waals surface area contributed by atoms with Gasteiger partial charge in [-0.1, -0.05) is 0 Å². The van der Waals surface area contributed by atoms with Gasteiger partial charge in [-0.2, -0.15) is 0 Å². The van der Waals surface area contributed by atoms with E-state index >= 15 is 0 Å². The van der Waals surface area contributed by atoms with E-state index in [4.69, 9.17) is 4.74 Å². The first-order valence-electron chi connectivity index (χ1n) is 6.57. The lowest BCUT2D eigenvalue weighted by Gasteiger charge is -2.41. The van der Waals surface area contributed by atoms with Gasteiger partial charge in [0.25, 0.3) is 5.69 Å². The molecular weight excluding hydrogens is 281 g/mol. The number of rotatable bonds is 5. The van der Waals surface area contributed by atoms with Crippen molar-refractivity contribution in [3.63, 3.8) is 0 Å². The normalized spacial score (nSPS) is 16.0. The Morgan fingerprint density at radius 2 is 2.14 bits per heavy atom. The van der Waals surface area contributed by atoms with Crippen LogP contribution in [0.4, 0.5) is 10.1 Å². The molecule has 0 aromatic heterocycles. The molecule has 1 aromatic rings. The summed E-state index contributed by atoms with van der Waals surface area (Å²) in [6, 6.07) is 2.14. The van der Waals surface area contributed by atoms with E-state index in [2.05, 4.69) is 4.74 Å². The molecule has 1 aliphatic rings. The highest BCUT2D eigenvalue weighted by Crippen LogP contribution is 2.41. The first kappa shape index (κ1) is 15.2. The third-order valence-corrected chi connectivity index (χ3v) is 3.73. The molecule has 0 heterocycles. The van der Waals surface area contributed by atoms with E-state index in [1.54, 1.807) is 0 Å². The zero-order valence-corrected chi connectivity index (χ0v) is 11.8. The van der Waals surface area contributed by atoms with Gasteiger partial charge in [0.15, 0.2) is 11.6 Å². The number of hydrogen-bond donors (Lipinski definition) is 0. The number of aryl methyl sites for hydroxylation is 1. The van der Waals surface area contributed by atoms with Gasteiger partial charge in [-0.25, -0.2) is 4.39 Å². The molecule has 0 saturated heterocycles. The summed E-state index contributed by atoms with van der Waals surface area (Å²) >= 11 is 0. The lowest BCUT2D eigenvalue weighted by Crippen LogP contribution is -2.45. The molecule has 1 aliphatic carbocycles. The standard InChI is InChI=1S/C14H16FNO5/c1-9-6-12(10(15)7-11(9)16(18)19)21-14(4-3-5-14)8-13(17)20-2/h6-7H,3-5,8H2,1-2H3. The van der Waals surface area contributed by atoms with Crippen LogP contribution < -0.4 is 4.74 Å². The number of nitrogens with zero attached hydrogens (tertiary/aromatic N) is 1. The number of carbonyl (C=O) groups excluding carboxylic acids is 1. The summed E-state index contributed by atoms with van der Waals surface area (Å²) in [5.41, 5.74) is -0.754. The summed E-state index contributed by atoms with van der Waals surface area (Å²) in [7, 11) is 1.28. The van der Waals surface area contributed by atoms with Gasteiger partial charge in [0, 0.05) is 5.56 Å². The Morgan fingerprint density at radius 1 is 1.48 bits per heavy atom. The van der Waals surface area contributed by atoms with Crippen molar-refractivity contribution in [1.29, 1.82) is 0 Å². The second kappa shape index (κ2) is 5.67. The first-order valence-corrected chi connectivity index (χ1v) is 6.57. The number of carbonyl (C=O) groups is 1. The van der Waals surface area contributed by atoms with Crippen LogP contribution in [0.15, 0.2) is 12.1 Å². The highest BCUT2D eigenvalue weighted by atomic mass is 19.1. The summed E-state index contributed by atoms with van der Waals surface area (Å²) in [5.74, 6) is -1.29. The number of nitro groups is 1. The summed E-state index contributed by atoms with van der Waals surface area (Å²) < 4.78 is 24.2. The molecule has 0 atom stereocenters. The summed E-state index contributed by atoms with van der Waals surface area (Å²) in [6.45, 7) is 1.51. The molecule has 0 spiro atoms. The lowest BCUT2D eigenvalue weighted by molar-refractivity contribution is -0.385. The third-order valence-electron chi connectivity index (χ3n) is 3.73. The lowest BCUT2D eigenvalue weighted by atomic mass is 9.77. The van der Waals surface area contributed by atoms with Crippen LogP contribution in [0.25, 0.3) is 0 Å². The second-order valence-electron chi connectivity index (χ2n) is 5.22. The van der Waals surface area contributed by atoms with E-state index in [0.29, 0.717) is 18.4 Å². The number of hydrogen-bond acceptors (Lipinski definition) is 5. The van der Waals surface area contributed by atoms with Gasteiger partial charge >= 0.3 is 5.97 Å². The molecule has 0 aliphatic heterocycles. The van der Waals surface area contributed by atoms with E-state index in [0.717, 1.165) is 12.5 Å². The van der Waals surface area contributed by atoms with Gasteiger partial charge in [-0.15, -0.1) is 0 Å². The van der Waals surface area contributed by atoms with Crippen molar-refractivity contribution in [2.75, 3.05) is 7.11 Å². The van der Waals surface area contributed by atoms with E-state index in [9.17, 15) is 19.3 Å². The monoisotopic (exact) mass is 297 g/mol. The van der Waals surface area contributed by atoms with Gasteiger partial charge in [-0.05, 0) is 32.3 Å². The molecule has 0 unspecified atom stereocenters. The smallest absolute Gasteiger partial charge is 0.309 e. The summed E-state index contributed by atoms with van der Waals surface area (Å²) in [5, 5.41) is 10.8. The first-order chi connectivity index (χ1) is 9.87. The Balaban J connectivity index is 2.24. The van der Waals surface area contributed by atoms with Crippen molar-refractivity contribution in [2.24, 2.45) is 0 Å². The van der Waals surface area contributed by atoms with Gasteiger partial charge in [0.2, 0.25) is 0 Å². The van der Waals surface area contributed by atoms with Crippen LogP contribution in [0.2, 0.25) is 0 Å². The second-order valence-corrected chi connectivity index (χ2v) is 5.22. The zero-order chi connectivity index (χ0) is 15.6. The van der Waals surface area contributed by atoms with Crippen LogP contribution in [-0.4, -0.2) is 23.6 Å². The molecule has 0 N–H and O–H groups in total. The summed E-state index contributed by atoms with van der Waals surface area (Å²) in [4.78, 5) is 21.5. The Labute approximate surface area is 121 Å². The van der Waals surface area contributed by atoms with Crippen molar-refractivity contribution in [1.82, 2.24) is 0 Å². The van der Waals surface area contributed by atoms with E-state index in [1.165, 1.54) is 20.1 Å². The molecule has 0 radical (unpaired) electrons. The number of methoxy groups -OCH3 is 1. The van der Waals surface area contributed by atoms with Crippen molar-refractivity contribution in [3.8, 4) is 5.75 Å². The van der Waals surface area contributed by atoms with E-state index in [-0.39, 0.29) is 17.9 Å². The van der Waals surface area contributed by atoms with Crippen LogP contribution in [0.1, 0.15) is 31.2 Å². The van der Waals surface area contributed by atoms with E-state index in [1.807, 2.05) is 0 Å². The van der Waals surface area contributed by atoms with Crippen LogP contribution in [0, 0.1) is 22.9 Å². The fourth-order valence-electron chi connectivity index (χ4n) is 2.37. The van der Waals surface area contributed by atoms with Crippen LogP contribution >= 0.6 is 0 Å². The number of benzene rings is 1. The maximum absolute atomic E-state index is 14.0. The Kier molecular flexibility index (Phi) is 4.11. The highest BCUT2D eigenvalue weighted by molar-refractivity contribution is 5.70. The molecule has 1 fully saturated rings. The Hall–Kier alpha value is -2.18. The molecule has 114 valence electrons.